The largest absolute Gasteiger partial charge is 0.465 e. The van der Waals surface area contributed by atoms with Gasteiger partial charge >= 0.3 is 5.97 Å². The van der Waals surface area contributed by atoms with Crippen molar-refractivity contribution in [1.82, 2.24) is 4.98 Å². The quantitative estimate of drug-likeness (QED) is 0.401. The number of anilines is 1. The minimum Gasteiger partial charge on any atom is -0.465 e. The highest BCUT2D eigenvalue weighted by Gasteiger charge is 2.09. The fraction of sp³-hybridized carbons (Fsp3) is 0.0556. The molecular weight excluding hydrogens is 358 g/mol. The molecule has 1 aromatic heterocycles. The molecule has 0 radical (unpaired) electrons. The van der Waals surface area contributed by atoms with Crippen molar-refractivity contribution in [2.24, 2.45) is 5.10 Å². The first-order valence-corrected chi connectivity index (χ1v) is 8.61. The molecule has 3 aromatic rings. The minimum absolute atomic E-state index is 0.405. The molecule has 2 aromatic carbocycles. The molecule has 0 bridgehead atoms. The number of aromatic nitrogens is 1. The lowest BCUT2D eigenvalue weighted by atomic mass is 10.1. The molecule has 0 unspecified atom stereocenters. The molecule has 0 atom stereocenters. The number of carbonyl (C=O) groups is 1. The summed E-state index contributed by atoms with van der Waals surface area (Å²) < 4.78 is 4.76. The topological polar surface area (TPSA) is 63.6 Å². The van der Waals surface area contributed by atoms with Crippen molar-refractivity contribution < 1.29 is 9.53 Å². The van der Waals surface area contributed by atoms with Crippen LogP contribution in [0.5, 0.6) is 0 Å². The molecule has 0 aliphatic heterocycles. The van der Waals surface area contributed by atoms with Crippen LogP contribution in [0.3, 0.4) is 0 Å². The zero-order chi connectivity index (χ0) is 17.6. The number of carbonyl (C=O) groups excluding carboxylic acids is 1. The van der Waals surface area contributed by atoms with Crippen LogP contribution < -0.4 is 5.43 Å². The molecule has 1 heterocycles. The second-order valence-electron chi connectivity index (χ2n) is 4.97. The standard InChI is InChI=1S/C18H14ClN3O2S/c1-24-17(23)13-7-3-2-6-12(13)10-20-22-18-21-16(11-25-18)14-8-4-5-9-15(14)19/h2-11H,1H3,(H,21,22)/b20-10+. The Balaban J connectivity index is 1.74. The molecule has 0 aliphatic carbocycles. The van der Waals surface area contributed by atoms with Crippen LogP contribution in [0.15, 0.2) is 59.0 Å². The Morgan fingerprint density at radius 2 is 2.00 bits per heavy atom. The van der Waals surface area contributed by atoms with E-state index in [0.717, 1.165) is 11.3 Å². The Kier molecular flexibility index (Phi) is 5.42. The predicted octanol–water partition coefficient (Wildman–Crippen LogP) is 4.70. The van der Waals surface area contributed by atoms with E-state index in [1.54, 1.807) is 24.4 Å². The first-order chi connectivity index (χ1) is 12.2. The molecule has 1 N–H and O–H groups in total. The zero-order valence-corrected chi connectivity index (χ0v) is 14.8. The van der Waals surface area contributed by atoms with Gasteiger partial charge in [0.25, 0.3) is 0 Å². The van der Waals surface area contributed by atoms with Gasteiger partial charge in [-0.3, -0.25) is 5.43 Å². The lowest BCUT2D eigenvalue weighted by Crippen LogP contribution is -2.05. The minimum atomic E-state index is -0.405. The number of thiazole rings is 1. The normalized spacial score (nSPS) is 10.8. The van der Waals surface area contributed by atoms with Crippen LogP contribution in [0.2, 0.25) is 5.02 Å². The van der Waals surface area contributed by atoms with E-state index in [1.165, 1.54) is 18.4 Å². The van der Waals surface area contributed by atoms with E-state index in [9.17, 15) is 4.79 Å². The number of halogens is 1. The SMILES string of the molecule is COC(=O)c1ccccc1/C=N/Nc1nc(-c2ccccc2Cl)cs1. The highest BCUT2D eigenvalue weighted by Crippen LogP contribution is 2.30. The third-order valence-corrected chi connectivity index (χ3v) is 4.46. The van der Waals surface area contributed by atoms with Gasteiger partial charge in [-0.15, -0.1) is 11.3 Å². The second-order valence-corrected chi connectivity index (χ2v) is 6.23. The van der Waals surface area contributed by atoms with Crippen LogP contribution in [0.25, 0.3) is 11.3 Å². The Bertz CT molecular complexity index is 924. The smallest absolute Gasteiger partial charge is 0.338 e. The summed E-state index contributed by atoms with van der Waals surface area (Å²) in [5, 5.41) is 7.33. The summed E-state index contributed by atoms with van der Waals surface area (Å²) in [5.41, 5.74) is 5.63. The number of ether oxygens (including phenoxy) is 1. The first kappa shape index (κ1) is 17.1. The molecule has 5 nitrogen and oxygen atoms in total. The maximum atomic E-state index is 11.7. The highest BCUT2D eigenvalue weighted by molar-refractivity contribution is 7.14. The van der Waals surface area contributed by atoms with E-state index in [1.807, 2.05) is 35.7 Å². The fourth-order valence-electron chi connectivity index (χ4n) is 2.18. The second kappa shape index (κ2) is 7.92. The molecule has 0 aliphatic rings. The van der Waals surface area contributed by atoms with Gasteiger partial charge in [-0.25, -0.2) is 9.78 Å². The Hall–Kier alpha value is -2.70. The van der Waals surface area contributed by atoms with E-state index in [-0.39, 0.29) is 0 Å². The van der Waals surface area contributed by atoms with Crippen molar-refractivity contribution in [3.8, 4) is 11.3 Å². The predicted molar refractivity (Wildman–Crippen MR) is 102 cm³/mol. The summed E-state index contributed by atoms with van der Waals surface area (Å²) in [7, 11) is 1.35. The summed E-state index contributed by atoms with van der Waals surface area (Å²) in [6.45, 7) is 0. The third-order valence-electron chi connectivity index (χ3n) is 3.38. The molecule has 0 saturated carbocycles. The van der Waals surface area contributed by atoms with Crippen molar-refractivity contribution in [1.29, 1.82) is 0 Å². The number of esters is 1. The fourth-order valence-corrected chi connectivity index (χ4v) is 3.07. The highest BCUT2D eigenvalue weighted by atomic mass is 35.5. The van der Waals surface area contributed by atoms with E-state index < -0.39 is 5.97 Å². The van der Waals surface area contributed by atoms with Crippen LogP contribution in [-0.2, 0) is 4.74 Å². The molecule has 126 valence electrons. The van der Waals surface area contributed by atoms with Crippen LogP contribution in [0.4, 0.5) is 5.13 Å². The van der Waals surface area contributed by atoms with E-state index in [0.29, 0.717) is 21.3 Å². The maximum Gasteiger partial charge on any atom is 0.338 e. The van der Waals surface area contributed by atoms with E-state index >= 15 is 0 Å². The number of hydrogen-bond acceptors (Lipinski definition) is 6. The molecule has 0 amide bonds. The number of nitrogens with one attached hydrogen (secondary N) is 1. The summed E-state index contributed by atoms with van der Waals surface area (Å²) in [6.07, 6.45) is 1.56. The van der Waals surface area contributed by atoms with Crippen LogP contribution >= 0.6 is 22.9 Å². The molecular formula is C18H14ClN3O2S. The van der Waals surface area contributed by atoms with Gasteiger partial charge in [0, 0.05) is 21.5 Å². The summed E-state index contributed by atoms with van der Waals surface area (Å²) in [4.78, 5) is 16.2. The van der Waals surface area contributed by atoms with Gasteiger partial charge in [0.15, 0.2) is 0 Å². The number of methoxy groups -OCH3 is 1. The van der Waals surface area contributed by atoms with Crippen LogP contribution in [-0.4, -0.2) is 24.3 Å². The molecule has 3 rings (SSSR count). The van der Waals surface area contributed by atoms with Crippen molar-refractivity contribution in [2.45, 2.75) is 0 Å². The first-order valence-electron chi connectivity index (χ1n) is 7.36. The van der Waals surface area contributed by atoms with Crippen molar-refractivity contribution in [3.63, 3.8) is 0 Å². The molecule has 0 spiro atoms. The lowest BCUT2D eigenvalue weighted by molar-refractivity contribution is 0.0600. The van der Waals surface area contributed by atoms with Gasteiger partial charge < -0.3 is 4.74 Å². The average Bonchev–Trinajstić information content (AvgIpc) is 3.10. The van der Waals surface area contributed by atoms with Gasteiger partial charge in [-0.05, 0) is 12.1 Å². The Morgan fingerprint density at radius 1 is 1.24 bits per heavy atom. The van der Waals surface area contributed by atoms with Gasteiger partial charge in [-0.1, -0.05) is 48.0 Å². The molecule has 0 fully saturated rings. The average molecular weight is 372 g/mol. The van der Waals surface area contributed by atoms with Crippen molar-refractivity contribution >= 4 is 40.3 Å². The summed E-state index contributed by atoms with van der Waals surface area (Å²) >= 11 is 7.60. The number of benzene rings is 2. The van der Waals surface area contributed by atoms with Crippen molar-refractivity contribution in [3.05, 3.63) is 70.1 Å². The van der Waals surface area contributed by atoms with Gasteiger partial charge in [0.2, 0.25) is 5.13 Å². The zero-order valence-electron chi connectivity index (χ0n) is 13.3. The molecule has 25 heavy (non-hydrogen) atoms. The van der Waals surface area contributed by atoms with Gasteiger partial charge in [0.1, 0.15) is 0 Å². The van der Waals surface area contributed by atoms with Gasteiger partial charge in [0.05, 0.1) is 24.6 Å². The molecule has 7 heteroatoms. The summed E-state index contributed by atoms with van der Waals surface area (Å²) in [5.74, 6) is -0.405. The maximum absolute atomic E-state index is 11.7. The van der Waals surface area contributed by atoms with Crippen LogP contribution in [0, 0.1) is 0 Å². The van der Waals surface area contributed by atoms with E-state index in [2.05, 4.69) is 15.5 Å². The number of rotatable bonds is 5. The number of hydrogen-bond donors (Lipinski definition) is 1. The van der Waals surface area contributed by atoms with Gasteiger partial charge in [-0.2, -0.15) is 5.10 Å². The Morgan fingerprint density at radius 3 is 2.80 bits per heavy atom. The number of hydrazone groups is 1. The monoisotopic (exact) mass is 371 g/mol. The Labute approximate surface area is 153 Å². The van der Waals surface area contributed by atoms with Crippen LogP contribution in [0.1, 0.15) is 15.9 Å². The molecule has 0 saturated heterocycles. The lowest BCUT2D eigenvalue weighted by Gasteiger charge is -2.02. The van der Waals surface area contributed by atoms with E-state index in [4.69, 9.17) is 16.3 Å². The summed E-state index contributed by atoms with van der Waals surface area (Å²) in [6, 6.07) is 14.6. The van der Waals surface area contributed by atoms with Crippen molar-refractivity contribution in [2.75, 3.05) is 12.5 Å². The third kappa shape index (κ3) is 4.04. The number of nitrogens with zero attached hydrogens (tertiary/aromatic N) is 2.